The fraction of sp³-hybridized carbons (Fsp3) is 0.120. The highest BCUT2D eigenvalue weighted by Gasteiger charge is 2.61. The maximum Gasteiger partial charge on any atom is 0.242 e. The van der Waals surface area contributed by atoms with Crippen molar-refractivity contribution in [1.29, 1.82) is 0 Å². The van der Waals surface area contributed by atoms with Crippen LogP contribution in [0.2, 0.25) is 0 Å². The Hall–Kier alpha value is -3.11. The number of para-hydroxylation sites is 2. The van der Waals surface area contributed by atoms with E-state index in [0.29, 0.717) is 0 Å². The Morgan fingerprint density at radius 1 is 0.897 bits per heavy atom. The standard InChI is InChI=1S/C25H18N2OS/c1-16-21-23(28)27-20-15-9-8-14-19(20)26-24(27)25(21,18-12-6-3-7-13-18)29-22(16)17-10-4-2-5-11-17/h2-15,21H,1H3/t21-,25-/m0/s1. The zero-order valence-electron chi connectivity index (χ0n) is 15.9. The largest absolute Gasteiger partial charge is 0.273 e. The lowest BCUT2D eigenvalue weighted by Gasteiger charge is -2.27. The van der Waals surface area contributed by atoms with E-state index < -0.39 is 4.75 Å². The second-order valence-corrected chi connectivity index (χ2v) is 8.87. The second-order valence-electron chi connectivity index (χ2n) is 7.61. The van der Waals surface area contributed by atoms with Crippen LogP contribution in [0.1, 0.15) is 28.7 Å². The number of rotatable bonds is 2. The Morgan fingerprint density at radius 2 is 1.55 bits per heavy atom. The minimum atomic E-state index is -0.535. The maximum absolute atomic E-state index is 13.8. The van der Waals surface area contributed by atoms with E-state index in [-0.39, 0.29) is 11.8 Å². The monoisotopic (exact) mass is 394 g/mol. The lowest BCUT2D eigenvalue weighted by molar-refractivity contribution is 0.0881. The molecule has 0 fully saturated rings. The van der Waals surface area contributed by atoms with Gasteiger partial charge in [-0.05, 0) is 35.8 Å². The number of imidazole rings is 1. The molecular formula is C25H18N2OS. The van der Waals surface area contributed by atoms with Crippen molar-refractivity contribution in [2.75, 3.05) is 0 Å². The van der Waals surface area contributed by atoms with Crippen molar-refractivity contribution in [2.24, 2.45) is 5.92 Å². The molecule has 3 heterocycles. The molecule has 0 unspecified atom stereocenters. The predicted molar refractivity (Wildman–Crippen MR) is 118 cm³/mol. The van der Waals surface area contributed by atoms with Crippen LogP contribution in [0.3, 0.4) is 0 Å². The van der Waals surface area contributed by atoms with Gasteiger partial charge in [-0.25, -0.2) is 4.98 Å². The first-order valence-electron chi connectivity index (χ1n) is 9.75. The normalized spacial score (nSPS) is 22.9. The fourth-order valence-corrected chi connectivity index (χ4v) is 6.55. The van der Waals surface area contributed by atoms with Crippen LogP contribution < -0.4 is 0 Å². The molecule has 4 heteroatoms. The van der Waals surface area contributed by atoms with Crippen molar-refractivity contribution >= 4 is 33.6 Å². The van der Waals surface area contributed by atoms with Gasteiger partial charge in [0.25, 0.3) is 0 Å². The van der Waals surface area contributed by atoms with E-state index in [1.54, 1.807) is 11.8 Å². The van der Waals surface area contributed by atoms with Crippen molar-refractivity contribution in [3.05, 3.63) is 107 Å². The quantitative estimate of drug-likeness (QED) is 0.436. The van der Waals surface area contributed by atoms with Gasteiger partial charge in [-0.1, -0.05) is 72.8 Å². The van der Waals surface area contributed by atoms with Crippen LogP contribution in [0.15, 0.2) is 90.5 Å². The van der Waals surface area contributed by atoms with Crippen molar-refractivity contribution in [3.8, 4) is 0 Å². The van der Waals surface area contributed by atoms with Gasteiger partial charge in [0.05, 0.1) is 17.0 Å². The first kappa shape index (κ1) is 16.8. The Bertz CT molecular complexity index is 1310. The SMILES string of the molecule is CC1=C(c2ccccc2)S[C@]2(c3ccccc3)c3nc4ccccc4n3C(=O)[C@H]12. The summed E-state index contributed by atoms with van der Waals surface area (Å²) in [6.45, 7) is 2.11. The summed E-state index contributed by atoms with van der Waals surface area (Å²) in [4.78, 5) is 20.0. The maximum atomic E-state index is 13.8. The van der Waals surface area contributed by atoms with Gasteiger partial charge in [0, 0.05) is 4.91 Å². The second kappa shape index (κ2) is 5.94. The van der Waals surface area contributed by atoms with E-state index in [9.17, 15) is 4.79 Å². The number of nitrogens with zero attached hydrogens (tertiary/aromatic N) is 2. The summed E-state index contributed by atoms with van der Waals surface area (Å²) >= 11 is 1.78. The van der Waals surface area contributed by atoms with Gasteiger partial charge in [-0.3, -0.25) is 9.36 Å². The number of hydrogen-bond acceptors (Lipinski definition) is 3. The fourth-order valence-electron chi connectivity index (χ4n) is 4.81. The Balaban J connectivity index is 1.66. The third-order valence-corrected chi connectivity index (χ3v) is 7.80. The lowest BCUT2D eigenvalue weighted by Crippen LogP contribution is -2.29. The van der Waals surface area contributed by atoms with Gasteiger partial charge in [0.15, 0.2) is 0 Å². The molecule has 6 rings (SSSR count). The average molecular weight is 394 g/mol. The molecule has 2 aliphatic rings. The molecule has 0 bridgehead atoms. The molecule has 0 saturated heterocycles. The first-order valence-corrected chi connectivity index (χ1v) is 10.6. The molecule has 2 aliphatic heterocycles. The molecule has 0 amide bonds. The molecule has 0 radical (unpaired) electrons. The van der Waals surface area contributed by atoms with Crippen LogP contribution >= 0.6 is 11.8 Å². The van der Waals surface area contributed by atoms with E-state index in [4.69, 9.17) is 4.98 Å². The predicted octanol–water partition coefficient (Wildman–Crippen LogP) is 5.73. The number of hydrogen-bond donors (Lipinski definition) is 0. The highest BCUT2D eigenvalue weighted by molar-refractivity contribution is 8.09. The van der Waals surface area contributed by atoms with Gasteiger partial charge in [-0.15, -0.1) is 11.8 Å². The summed E-state index contributed by atoms with van der Waals surface area (Å²) in [7, 11) is 0. The van der Waals surface area contributed by atoms with E-state index in [0.717, 1.165) is 33.6 Å². The van der Waals surface area contributed by atoms with Crippen LogP contribution in [-0.4, -0.2) is 15.5 Å². The molecule has 0 N–H and O–H groups in total. The number of benzene rings is 3. The summed E-state index contributed by atoms with van der Waals surface area (Å²) < 4.78 is 1.32. The molecule has 1 aromatic heterocycles. The molecule has 0 aliphatic carbocycles. The van der Waals surface area contributed by atoms with Crippen LogP contribution in [0.4, 0.5) is 0 Å². The smallest absolute Gasteiger partial charge is 0.242 e. The number of allylic oxidation sites excluding steroid dienone is 1. The molecule has 29 heavy (non-hydrogen) atoms. The Labute approximate surface area is 173 Å². The van der Waals surface area contributed by atoms with Crippen molar-refractivity contribution in [3.63, 3.8) is 0 Å². The lowest BCUT2D eigenvalue weighted by atomic mass is 9.82. The van der Waals surface area contributed by atoms with Gasteiger partial charge in [0.2, 0.25) is 5.91 Å². The highest BCUT2D eigenvalue weighted by atomic mass is 32.2. The van der Waals surface area contributed by atoms with E-state index in [1.165, 1.54) is 4.91 Å². The van der Waals surface area contributed by atoms with Gasteiger partial charge >= 0.3 is 0 Å². The summed E-state index contributed by atoms with van der Waals surface area (Å²) in [6, 6.07) is 28.7. The van der Waals surface area contributed by atoms with Crippen molar-refractivity contribution in [2.45, 2.75) is 11.7 Å². The number of carbonyl (C=O) groups excluding carboxylic acids is 1. The topological polar surface area (TPSA) is 34.9 Å². The molecule has 3 aromatic carbocycles. The molecule has 0 saturated carbocycles. The third kappa shape index (κ3) is 2.10. The first-order chi connectivity index (χ1) is 14.2. The summed E-state index contributed by atoms with van der Waals surface area (Å²) in [5.74, 6) is 0.709. The zero-order chi connectivity index (χ0) is 19.6. The molecule has 140 valence electrons. The van der Waals surface area contributed by atoms with E-state index in [1.807, 2.05) is 53.1 Å². The number of aromatic nitrogens is 2. The average Bonchev–Trinajstić information content (AvgIpc) is 3.38. The summed E-state index contributed by atoms with van der Waals surface area (Å²) in [5, 5.41) is 0. The summed E-state index contributed by atoms with van der Waals surface area (Å²) in [5.41, 5.74) is 5.19. The number of fused-ring (bicyclic) bond motifs is 5. The van der Waals surface area contributed by atoms with E-state index in [2.05, 4.69) is 43.3 Å². The van der Waals surface area contributed by atoms with Gasteiger partial charge in [0.1, 0.15) is 10.6 Å². The van der Waals surface area contributed by atoms with Crippen LogP contribution in [0, 0.1) is 5.92 Å². The number of carbonyl (C=O) groups is 1. The van der Waals surface area contributed by atoms with Gasteiger partial charge in [-0.2, -0.15) is 0 Å². The summed E-state index contributed by atoms with van der Waals surface area (Å²) in [6.07, 6.45) is 0. The van der Waals surface area contributed by atoms with Crippen LogP contribution in [0.5, 0.6) is 0 Å². The van der Waals surface area contributed by atoms with Crippen molar-refractivity contribution in [1.82, 2.24) is 9.55 Å². The van der Waals surface area contributed by atoms with Crippen LogP contribution in [-0.2, 0) is 4.75 Å². The molecule has 0 spiro atoms. The van der Waals surface area contributed by atoms with Crippen molar-refractivity contribution < 1.29 is 4.79 Å². The molecule has 3 nitrogen and oxygen atoms in total. The van der Waals surface area contributed by atoms with E-state index >= 15 is 0 Å². The van der Waals surface area contributed by atoms with Crippen LogP contribution in [0.25, 0.3) is 15.9 Å². The Kier molecular flexibility index (Phi) is 3.44. The third-order valence-electron chi connectivity index (χ3n) is 6.06. The molecule has 2 atom stereocenters. The number of thioether (sulfide) groups is 1. The highest BCUT2D eigenvalue weighted by Crippen LogP contribution is 2.65. The molecular weight excluding hydrogens is 376 g/mol. The van der Waals surface area contributed by atoms with Gasteiger partial charge < -0.3 is 0 Å². The minimum Gasteiger partial charge on any atom is -0.273 e. The molecule has 4 aromatic rings. The zero-order valence-corrected chi connectivity index (χ0v) is 16.7. The minimum absolute atomic E-state index is 0.119. The Morgan fingerprint density at radius 3 is 2.31 bits per heavy atom.